The molecule has 1 aliphatic heterocycles. The predicted molar refractivity (Wildman–Crippen MR) is 72.3 cm³/mol. The fourth-order valence-corrected chi connectivity index (χ4v) is 2.37. The molecule has 1 saturated heterocycles. The van der Waals surface area contributed by atoms with Crippen molar-refractivity contribution in [2.45, 2.75) is 12.8 Å². The van der Waals surface area contributed by atoms with Crippen LogP contribution in [-0.4, -0.2) is 28.8 Å². The molecule has 7 heteroatoms. The number of hydrogen-bond acceptors (Lipinski definition) is 4. The summed E-state index contributed by atoms with van der Waals surface area (Å²) in [6.45, 7) is 0.987. The van der Waals surface area contributed by atoms with E-state index in [0.717, 1.165) is 0 Å². The van der Waals surface area contributed by atoms with Gasteiger partial charge in [0.2, 0.25) is 0 Å². The Hall–Kier alpha value is -2.13. The SMILES string of the molecule is N#CC1CCN(C(=O)c2ccc(Cl)c([N+](=O)[O-])c2)CC1. The monoisotopic (exact) mass is 293 g/mol. The smallest absolute Gasteiger partial charge is 0.288 e. The van der Waals surface area contributed by atoms with Gasteiger partial charge in [0.15, 0.2) is 0 Å². The second-order valence-electron chi connectivity index (χ2n) is 4.62. The number of hydrogen-bond donors (Lipinski definition) is 0. The van der Waals surface area contributed by atoms with Crippen LogP contribution in [0.1, 0.15) is 23.2 Å². The number of nitro groups is 1. The topological polar surface area (TPSA) is 87.2 Å². The van der Waals surface area contributed by atoms with Crippen LogP contribution in [0, 0.1) is 27.4 Å². The molecule has 104 valence electrons. The van der Waals surface area contributed by atoms with E-state index in [1.807, 2.05) is 0 Å². The molecule has 2 rings (SSSR count). The number of nitrogens with zero attached hydrogens (tertiary/aromatic N) is 3. The number of carbonyl (C=O) groups excluding carboxylic acids is 1. The van der Waals surface area contributed by atoms with Crippen molar-refractivity contribution in [1.29, 1.82) is 5.26 Å². The Bertz CT molecular complexity index is 589. The first-order valence-corrected chi connectivity index (χ1v) is 6.53. The molecule has 0 saturated carbocycles. The summed E-state index contributed by atoms with van der Waals surface area (Å²) in [7, 11) is 0. The van der Waals surface area contributed by atoms with Crippen LogP contribution in [0.4, 0.5) is 5.69 Å². The Balaban J connectivity index is 2.16. The Labute approximate surface area is 120 Å². The summed E-state index contributed by atoms with van der Waals surface area (Å²) in [6, 6.07) is 6.22. The molecule has 0 radical (unpaired) electrons. The zero-order valence-corrected chi connectivity index (χ0v) is 11.3. The second kappa shape index (κ2) is 5.88. The zero-order chi connectivity index (χ0) is 14.7. The van der Waals surface area contributed by atoms with Crippen LogP contribution in [-0.2, 0) is 0 Å². The summed E-state index contributed by atoms with van der Waals surface area (Å²) in [4.78, 5) is 24.1. The van der Waals surface area contributed by atoms with Gasteiger partial charge in [-0.1, -0.05) is 11.6 Å². The van der Waals surface area contributed by atoms with Gasteiger partial charge in [0.05, 0.1) is 11.0 Å². The summed E-state index contributed by atoms with van der Waals surface area (Å²) >= 11 is 5.72. The van der Waals surface area contributed by atoms with Crippen molar-refractivity contribution in [3.05, 3.63) is 38.9 Å². The highest BCUT2D eigenvalue weighted by molar-refractivity contribution is 6.32. The van der Waals surface area contributed by atoms with Crippen LogP contribution in [0.2, 0.25) is 5.02 Å². The predicted octanol–water partition coefficient (Wildman–Crippen LogP) is 2.62. The van der Waals surface area contributed by atoms with Crippen LogP contribution in [0.5, 0.6) is 0 Å². The fraction of sp³-hybridized carbons (Fsp3) is 0.385. The maximum atomic E-state index is 12.3. The van der Waals surface area contributed by atoms with Gasteiger partial charge < -0.3 is 4.90 Å². The quantitative estimate of drug-likeness (QED) is 0.619. The molecule has 0 spiro atoms. The first-order valence-electron chi connectivity index (χ1n) is 6.15. The lowest BCUT2D eigenvalue weighted by Gasteiger charge is -2.29. The summed E-state index contributed by atoms with van der Waals surface area (Å²) in [5.41, 5.74) is -0.0269. The highest BCUT2D eigenvalue weighted by atomic mass is 35.5. The number of amides is 1. The molecule has 0 atom stereocenters. The van der Waals surface area contributed by atoms with E-state index in [0.29, 0.717) is 25.9 Å². The van der Waals surface area contributed by atoms with Crippen LogP contribution < -0.4 is 0 Å². The minimum absolute atomic E-state index is 0.00902. The Morgan fingerprint density at radius 1 is 1.45 bits per heavy atom. The van der Waals surface area contributed by atoms with E-state index in [9.17, 15) is 14.9 Å². The lowest BCUT2D eigenvalue weighted by molar-refractivity contribution is -0.384. The molecule has 0 aliphatic carbocycles. The Morgan fingerprint density at radius 3 is 2.65 bits per heavy atom. The maximum absolute atomic E-state index is 12.3. The van der Waals surface area contributed by atoms with Gasteiger partial charge in [-0.05, 0) is 25.0 Å². The summed E-state index contributed by atoms with van der Waals surface area (Å²) in [5.74, 6) is -0.278. The number of carbonyl (C=O) groups is 1. The van der Waals surface area contributed by atoms with Crippen molar-refractivity contribution in [3.8, 4) is 6.07 Å². The number of halogens is 1. The van der Waals surface area contributed by atoms with Crippen molar-refractivity contribution >= 4 is 23.2 Å². The van der Waals surface area contributed by atoms with E-state index in [-0.39, 0.29) is 28.1 Å². The van der Waals surface area contributed by atoms with Crippen molar-refractivity contribution in [3.63, 3.8) is 0 Å². The fourth-order valence-electron chi connectivity index (χ4n) is 2.18. The van der Waals surface area contributed by atoms with E-state index in [1.165, 1.54) is 18.2 Å². The molecule has 6 nitrogen and oxygen atoms in total. The number of likely N-dealkylation sites (tertiary alicyclic amines) is 1. The minimum Gasteiger partial charge on any atom is -0.339 e. The van der Waals surface area contributed by atoms with E-state index >= 15 is 0 Å². The average molecular weight is 294 g/mol. The van der Waals surface area contributed by atoms with Crippen LogP contribution in [0.15, 0.2) is 18.2 Å². The molecule has 0 unspecified atom stereocenters. The van der Waals surface area contributed by atoms with E-state index in [2.05, 4.69) is 6.07 Å². The van der Waals surface area contributed by atoms with Crippen molar-refractivity contribution < 1.29 is 9.72 Å². The third-order valence-corrected chi connectivity index (χ3v) is 3.67. The van der Waals surface area contributed by atoms with Gasteiger partial charge in [0, 0.05) is 30.6 Å². The van der Waals surface area contributed by atoms with Crippen LogP contribution in [0.25, 0.3) is 0 Å². The molecule has 0 bridgehead atoms. The average Bonchev–Trinajstić information content (AvgIpc) is 2.47. The molecule has 20 heavy (non-hydrogen) atoms. The molecule has 1 aromatic rings. The first kappa shape index (κ1) is 14.3. The molecule has 1 aromatic carbocycles. The lowest BCUT2D eigenvalue weighted by Crippen LogP contribution is -2.38. The highest BCUT2D eigenvalue weighted by Gasteiger charge is 2.25. The largest absolute Gasteiger partial charge is 0.339 e. The third-order valence-electron chi connectivity index (χ3n) is 3.35. The standard InChI is InChI=1S/C13H12ClN3O3/c14-11-2-1-10(7-12(11)17(19)20)13(18)16-5-3-9(8-15)4-6-16/h1-2,7,9H,3-6H2. The number of nitro benzene ring substituents is 1. The van der Waals surface area contributed by atoms with Gasteiger partial charge in [0.25, 0.3) is 11.6 Å². The maximum Gasteiger partial charge on any atom is 0.288 e. The summed E-state index contributed by atoms with van der Waals surface area (Å²) in [6.07, 6.45) is 1.27. The molecule has 1 fully saturated rings. The molecule has 1 amide bonds. The Morgan fingerprint density at radius 2 is 2.10 bits per heavy atom. The van der Waals surface area contributed by atoms with Crippen molar-refractivity contribution in [2.75, 3.05) is 13.1 Å². The molecular formula is C13H12ClN3O3. The molecule has 1 heterocycles. The Kier molecular flexibility index (Phi) is 4.20. The van der Waals surface area contributed by atoms with E-state index in [4.69, 9.17) is 16.9 Å². The van der Waals surface area contributed by atoms with Gasteiger partial charge in [-0.2, -0.15) is 5.26 Å². The number of piperidine rings is 1. The zero-order valence-electron chi connectivity index (χ0n) is 10.6. The molecule has 0 N–H and O–H groups in total. The van der Waals surface area contributed by atoms with Crippen molar-refractivity contribution in [1.82, 2.24) is 4.90 Å². The van der Waals surface area contributed by atoms with Gasteiger partial charge in [-0.15, -0.1) is 0 Å². The van der Waals surface area contributed by atoms with E-state index in [1.54, 1.807) is 4.90 Å². The number of rotatable bonds is 2. The summed E-state index contributed by atoms with van der Waals surface area (Å²) < 4.78 is 0. The van der Waals surface area contributed by atoms with Gasteiger partial charge in [-0.25, -0.2) is 0 Å². The number of nitriles is 1. The van der Waals surface area contributed by atoms with Gasteiger partial charge in [0.1, 0.15) is 5.02 Å². The summed E-state index contributed by atoms with van der Waals surface area (Å²) in [5, 5.41) is 19.6. The van der Waals surface area contributed by atoms with Crippen molar-refractivity contribution in [2.24, 2.45) is 5.92 Å². The third kappa shape index (κ3) is 2.89. The van der Waals surface area contributed by atoms with Gasteiger partial charge >= 0.3 is 0 Å². The molecular weight excluding hydrogens is 282 g/mol. The lowest BCUT2D eigenvalue weighted by atomic mass is 9.98. The highest BCUT2D eigenvalue weighted by Crippen LogP contribution is 2.26. The van der Waals surface area contributed by atoms with Gasteiger partial charge in [-0.3, -0.25) is 14.9 Å². The van der Waals surface area contributed by atoms with Crippen LogP contribution >= 0.6 is 11.6 Å². The molecule has 0 aromatic heterocycles. The normalized spacial score (nSPS) is 15.7. The number of benzene rings is 1. The van der Waals surface area contributed by atoms with Crippen LogP contribution in [0.3, 0.4) is 0 Å². The minimum atomic E-state index is -0.610. The molecule has 1 aliphatic rings. The first-order chi connectivity index (χ1) is 9.52. The second-order valence-corrected chi connectivity index (χ2v) is 5.03. The van der Waals surface area contributed by atoms with E-state index < -0.39 is 4.92 Å².